The summed E-state index contributed by atoms with van der Waals surface area (Å²) in [5, 5.41) is 0. The van der Waals surface area contributed by atoms with E-state index in [4.69, 9.17) is 5.73 Å². The summed E-state index contributed by atoms with van der Waals surface area (Å²) in [4.78, 5) is 6.68. The molecule has 0 radical (unpaired) electrons. The minimum atomic E-state index is -0.210. The van der Waals surface area contributed by atoms with Crippen LogP contribution in [0.4, 0.5) is 4.39 Å². The van der Waals surface area contributed by atoms with Crippen LogP contribution in [0.25, 0.3) is 0 Å². The topological polar surface area (TPSA) is 41.6 Å². The van der Waals surface area contributed by atoms with E-state index in [1.54, 1.807) is 0 Å². The number of guanidine groups is 1. The lowest BCUT2D eigenvalue weighted by Gasteiger charge is -2.34. The summed E-state index contributed by atoms with van der Waals surface area (Å²) in [6.07, 6.45) is 4.45. The molecule has 6 heteroatoms. The fourth-order valence-corrected chi connectivity index (χ4v) is 3.06. The van der Waals surface area contributed by atoms with Crippen molar-refractivity contribution in [3.05, 3.63) is 34.1 Å². The van der Waals surface area contributed by atoms with Gasteiger partial charge < -0.3 is 10.6 Å². The van der Waals surface area contributed by atoms with Crippen LogP contribution in [0.5, 0.6) is 0 Å². The fraction of sp³-hybridized carbons (Fsp3) is 0.533. The standard InChI is InChI=1S/C15H19BrFN3.HI/c1-20(12-3-4-12)15(18)19-11-6-10(7-11)9-2-5-14(17)13(16)8-9;/h2,5,8,10-12H,3-4,6-7H2,1H3,(H2,18,19);1H. The van der Waals surface area contributed by atoms with E-state index < -0.39 is 0 Å². The number of hydrogen-bond donors (Lipinski definition) is 1. The van der Waals surface area contributed by atoms with Crippen LogP contribution in [0.15, 0.2) is 27.7 Å². The molecule has 1 aromatic carbocycles. The van der Waals surface area contributed by atoms with E-state index in [1.807, 2.05) is 19.2 Å². The first-order valence-electron chi connectivity index (χ1n) is 7.05. The number of rotatable bonds is 3. The molecular weight excluding hydrogens is 448 g/mol. The van der Waals surface area contributed by atoms with Gasteiger partial charge in [-0.15, -0.1) is 24.0 Å². The molecule has 0 unspecified atom stereocenters. The minimum Gasteiger partial charge on any atom is -0.370 e. The number of aliphatic imine (C=N–C) groups is 1. The Hall–Kier alpha value is -0.370. The highest BCUT2D eigenvalue weighted by molar-refractivity contribution is 14.0. The molecule has 0 aliphatic heterocycles. The van der Waals surface area contributed by atoms with E-state index in [2.05, 4.69) is 25.8 Å². The zero-order valence-corrected chi connectivity index (χ0v) is 15.8. The van der Waals surface area contributed by atoms with Crippen molar-refractivity contribution in [3.63, 3.8) is 0 Å². The second-order valence-electron chi connectivity index (χ2n) is 5.83. The van der Waals surface area contributed by atoms with E-state index in [1.165, 1.54) is 24.5 Å². The van der Waals surface area contributed by atoms with Crippen LogP contribution < -0.4 is 5.73 Å². The molecule has 0 aromatic heterocycles. The minimum absolute atomic E-state index is 0. The number of nitrogens with two attached hydrogens (primary N) is 1. The molecule has 0 amide bonds. The maximum Gasteiger partial charge on any atom is 0.191 e. The zero-order chi connectivity index (χ0) is 14.3. The van der Waals surface area contributed by atoms with E-state index in [9.17, 15) is 4.39 Å². The Morgan fingerprint density at radius 3 is 2.62 bits per heavy atom. The molecule has 0 saturated heterocycles. The first-order valence-corrected chi connectivity index (χ1v) is 7.85. The lowest BCUT2D eigenvalue weighted by molar-refractivity contribution is 0.347. The summed E-state index contributed by atoms with van der Waals surface area (Å²) in [7, 11) is 2.02. The molecule has 2 aliphatic carbocycles. The van der Waals surface area contributed by atoms with Crippen LogP contribution in [0.2, 0.25) is 0 Å². The van der Waals surface area contributed by atoms with Crippen molar-refractivity contribution in [2.45, 2.75) is 43.7 Å². The summed E-state index contributed by atoms with van der Waals surface area (Å²) >= 11 is 3.24. The first-order chi connectivity index (χ1) is 9.54. The Kier molecular flexibility index (Phi) is 5.51. The van der Waals surface area contributed by atoms with Crippen molar-refractivity contribution in [2.24, 2.45) is 10.7 Å². The Morgan fingerprint density at radius 2 is 2.05 bits per heavy atom. The summed E-state index contributed by atoms with van der Waals surface area (Å²) in [6.45, 7) is 0. The van der Waals surface area contributed by atoms with Gasteiger partial charge in [-0.25, -0.2) is 9.38 Å². The van der Waals surface area contributed by atoms with Gasteiger partial charge in [0.1, 0.15) is 5.82 Å². The molecule has 116 valence electrons. The fourth-order valence-electron chi connectivity index (χ4n) is 2.66. The van der Waals surface area contributed by atoms with Gasteiger partial charge in [-0.2, -0.15) is 0 Å². The molecule has 3 rings (SSSR count). The van der Waals surface area contributed by atoms with E-state index in [-0.39, 0.29) is 29.8 Å². The van der Waals surface area contributed by atoms with Gasteiger partial charge in [0.05, 0.1) is 10.5 Å². The third-order valence-corrected chi connectivity index (χ3v) is 4.91. The predicted molar refractivity (Wildman–Crippen MR) is 97.7 cm³/mol. The van der Waals surface area contributed by atoms with Crippen molar-refractivity contribution < 1.29 is 4.39 Å². The lowest BCUT2D eigenvalue weighted by atomic mass is 9.76. The van der Waals surface area contributed by atoms with Gasteiger partial charge in [-0.3, -0.25) is 0 Å². The molecule has 0 spiro atoms. The van der Waals surface area contributed by atoms with Crippen LogP contribution in [0, 0.1) is 5.82 Å². The van der Waals surface area contributed by atoms with Crippen LogP contribution in [0.3, 0.4) is 0 Å². The molecule has 0 bridgehead atoms. The lowest BCUT2D eigenvalue weighted by Crippen LogP contribution is -2.38. The third-order valence-electron chi connectivity index (χ3n) is 4.30. The Bertz CT molecular complexity index is 542. The predicted octanol–water partition coefficient (Wildman–Crippen LogP) is 3.86. The molecule has 2 fully saturated rings. The maximum atomic E-state index is 13.2. The average Bonchev–Trinajstić information content (AvgIpc) is 3.20. The monoisotopic (exact) mass is 467 g/mol. The van der Waals surface area contributed by atoms with E-state index in [0.29, 0.717) is 28.4 Å². The molecule has 2 saturated carbocycles. The van der Waals surface area contributed by atoms with Crippen LogP contribution >= 0.6 is 39.9 Å². The van der Waals surface area contributed by atoms with Crippen molar-refractivity contribution >= 4 is 45.9 Å². The van der Waals surface area contributed by atoms with Crippen LogP contribution in [-0.2, 0) is 0 Å². The maximum absolute atomic E-state index is 13.2. The van der Waals surface area contributed by atoms with Gasteiger partial charge in [-0.05, 0) is 65.2 Å². The van der Waals surface area contributed by atoms with Crippen molar-refractivity contribution in [1.29, 1.82) is 0 Å². The van der Waals surface area contributed by atoms with Gasteiger partial charge in [0, 0.05) is 13.1 Å². The summed E-state index contributed by atoms with van der Waals surface area (Å²) in [6, 6.07) is 6.17. The van der Waals surface area contributed by atoms with Crippen LogP contribution in [0.1, 0.15) is 37.2 Å². The number of halogens is 3. The summed E-state index contributed by atoms with van der Waals surface area (Å²) < 4.78 is 13.7. The van der Waals surface area contributed by atoms with Crippen LogP contribution in [-0.4, -0.2) is 30.0 Å². The first kappa shape index (κ1) is 17.0. The normalized spacial score (nSPS) is 25.0. The number of benzene rings is 1. The van der Waals surface area contributed by atoms with Gasteiger partial charge in [0.25, 0.3) is 0 Å². The Morgan fingerprint density at radius 1 is 1.38 bits per heavy atom. The highest BCUT2D eigenvalue weighted by Crippen LogP contribution is 2.40. The number of nitrogens with zero attached hydrogens (tertiary/aromatic N) is 2. The second-order valence-corrected chi connectivity index (χ2v) is 6.68. The molecule has 2 N–H and O–H groups in total. The van der Waals surface area contributed by atoms with Gasteiger partial charge >= 0.3 is 0 Å². The molecular formula is C15H20BrFIN3. The highest BCUT2D eigenvalue weighted by atomic mass is 127. The zero-order valence-electron chi connectivity index (χ0n) is 11.9. The Labute approximate surface area is 150 Å². The van der Waals surface area contributed by atoms with Gasteiger partial charge in [-0.1, -0.05) is 6.07 Å². The molecule has 0 atom stereocenters. The molecule has 1 aromatic rings. The molecule has 2 aliphatic rings. The van der Waals surface area contributed by atoms with Crippen molar-refractivity contribution in [3.8, 4) is 0 Å². The largest absolute Gasteiger partial charge is 0.370 e. The van der Waals surface area contributed by atoms with E-state index in [0.717, 1.165) is 12.8 Å². The third kappa shape index (κ3) is 3.88. The van der Waals surface area contributed by atoms with Crippen molar-refractivity contribution in [2.75, 3.05) is 7.05 Å². The number of hydrogen-bond acceptors (Lipinski definition) is 1. The molecule has 21 heavy (non-hydrogen) atoms. The summed E-state index contributed by atoms with van der Waals surface area (Å²) in [5.41, 5.74) is 7.19. The smallest absolute Gasteiger partial charge is 0.191 e. The second kappa shape index (κ2) is 6.81. The van der Waals surface area contributed by atoms with Gasteiger partial charge in [0.2, 0.25) is 0 Å². The summed E-state index contributed by atoms with van der Waals surface area (Å²) in [5.74, 6) is 0.925. The van der Waals surface area contributed by atoms with Crippen molar-refractivity contribution in [1.82, 2.24) is 4.90 Å². The van der Waals surface area contributed by atoms with E-state index >= 15 is 0 Å². The quantitative estimate of drug-likeness (QED) is 0.416. The average molecular weight is 468 g/mol. The Balaban J connectivity index is 0.00000161. The molecule has 0 heterocycles. The molecule has 3 nitrogen and oxygen atoms in total. The SMILES string of the molecule is CN(C(N)=NC1CC(c2ccc(F)c(Br)c2)C1)C1CC1.I. The highest BCUT2D eigenvalue weighted by Gasteiger charge is 2.32. The van der Waals surface area contributed by atoms with Gasteiger partial charge in [0.15, 0.2) is 5.96 Å².